The molecule has 0 bridgehead atoms. The molecule has 2 aromatic heterocycles. The Morgan fingerprint density at radius 1 is 1.13 bits per heavy atom. The second-order valence-corrected chi connectivity index (χ2v) is 8.84. The molecule has 3 heterocycles. The summed E-state index contributed by atoms with van der Waals surface area (Å²) in [5.74, 6) is 2.45. The second-order valence-electron chi connectivity index (χ2n) is 8.84. The SMILES string of the molecule is CCCn1c(CN2CCc3nc(C4CCCCC4)[nH]c(=O)c3C2)nc2ccccc21. The van der Waals surface area contributed by atoms with Crippen molar-refractivity contribution in [1.29, 1.82) is 0 Å². The van der Waals surface area contributed by atoms with Crippen molar-refractivity contribution in [2.45, 2.75) is 77.4 Å². The summed E-state index contributed by atoms with van der Waals surface area (Å²) in [6.07, 6.45) is 8.03. The van der Waals surface area contributed by atoms with Gasteiger partial charge < -0.3 is 9.55 Å². The van der Waals surface area contributed by atoms with E-state index in [0.717, 1.165) is 73.7 Å². The Morgan fingerprint density at radius 2 is 1.97 bits per heavy atom. The molecule has 6 nitrogen and oxygen atoms in total. The first kappa shape index (κ1) is 19.5. The molecule has 0 saturated heterocycles. The summed E-state index contributed by atoms with van der Waals surface area (Å²) >= 11 is 0. The van der Waals surface area contributed by atoms with Crippen LogP contribution in [-0.2, 0) is 26.1 Å². The van der Waals surface area contributed by atoms with Gasteiger partial charge in [-0.25, -0.2) is 9.97 Å². The molecule has 1 aliphatic carbocycles. The van der Waals surface area contributed by atoms with Gasteiger partial charge in [0.1, 0.15) is 11.6 Å². The van der Waals surface area contributed by atoms with Gasteiger partial charge in [0.05, 0.1) is 28.8 Å². The van der Waals surface area contributed by atoms with Crippen molar-refractivity contribution in [3.05, 3.63) is 57.5 Å². The van der Waals surface area contributed by atoms with E-state index >= 15 is 0 Å². The molecular weight excluding hydrogens is 374 g/mol. The third kappa shape index (κ3) is 3.69. The number of hydrogen-bond donors (Lipinski definition) is 1. The Hall–Kier alpha value is -2.47. The van der Waals surface area contributed by atoms with Crippen molar-refractivity contribution in [3.63, 3.8) is 0 Å². The van der Waals surface area contributed by atoms with Gasteiger partial charge in [0.2, 0.25) is 0 Å². The number of H-pyrrole nitrogens is 1. The average molecular weight is 406 g/mol. The number of imidazole rings is 1. The van der Waals surface area contributed by atoms with E-state index in [2.05, 4.69) is 39.6 Å². The molecule has 30 heavy (non-hydrogen) atoms. The van der Waals surface area contributed by atoms with Gasteiger partial charge in [-0.3, -0.25) is 9.69 Å². The van der Waals surface area contributed by atoms with Crippen molar-refractivity contribution in [2.24, 2.45) is 0 Å². The van der Waals surface area contributed by atoms with E-state index in [1.165, 1.54) is 24.8 Å². The minimum absolute atomic E-state index is 0.0623. The minimum atomic E-state index is 0.0623. The average Bonchev–Trinajstić information content (AvgIpc) is 3.12. The Morgan fingerprint density at radius 3 is 2.80 bits per heavy atom. The number of rotatable bonds is 5. The van der Waals surface area contributed by atoms with Crippen LogP contribution in [0.1, 0.15) is 74.3 Å². The maximum atomic E-state index is 12.9. The molecule has 1 aliphatic heterocycles. The van der Waals surface area contributed by atoms with Crippen LogP contribution in [0.15, 0.2) is 29.1 Å². The number of para-hydroxylation sites is 2. The molecule has 0 spiro atoms. The predicted octanol–water partition coefficient (Wildman–Crippen LogP) is 4.14. The first-order chi connectivity index (χ1) is 14.7. The first-order valence-electron chi connectivity index (χ1n) is 11.5. The molecule has 0 radical (unpaired) electrons. The van der Waals surface area contributed by atoms with Gasteiger partial charge in [-0.05, 0) is 31.4 Å². The molecule has 0 unspecified atom stereocenters. The van der Waals surface area contributed by atoms with Crippen LogP contribution in [-0.4, -0.2) is 31.0 Å². The summed E-state index contributed by atoms with van der Waals surface area (Å²) < 4.78 is 2.33. The Kier molecular flexibility index (Phi) is 5.42. The molecular formula is C24H31N5O. The van der Waals surface area contributed by atoms with Gasteiger partial charge in [0.25, 0.3) is 5.56 Å². The van der Waals surface area contributed by atoms with Crippen molar-refractivity contribution < 1.29 is 0 Å². The molecule has 1 N–H and O–H groups in total. The number of nitrogens with one attached hydrogen (secondary N) is 1. The zero-order valence-electron chi connectivity index (χ0n) is 17.9. The largest absolute Gasteiger partial charge is 0.327 e. The lowest BCUT2D eigenvalue weighted by atomic mass is 9.88. The summed E-state index contributed by atoms with van der Waals surface area (Å²) in [6, 6.07) is 8.35. The molecule has 3 aromatic rings. The fraction of sp³-hybridized carbons (Fsp3) is 0.542. The van der Waals surface area contributed by atoms with E-state index in [0.29, 0.717) is 12.5 Å². The zero-order chi connectivity index (χ0) is 20.5. The monoisotopic (exact) mass is 405 g/mol. The molecule has 1 saturated carbocycles. The van der Waals surface area contributed by atoms with Crippen LogP contribution >= 0.6 is 0 Å². The van der Waals surface area contributed by atoms with Gasteiger partial charge in [-0.2, -0.15) is 0 Å². The van der Waals surface area contributed by atoms with Crippen LogP contribution in [0.3, 0.4) is 0 Å². The fourth-order valence-corrected chi connectivity index (χ4v) is 5.12. The first-order valence-corrected chi connectivity index (χ1v) is 11.5. The highest BCUT2D eigenvalue weighted by Crippen LogP contribution is 2.31. The molecule has 1 fully saturated rings. The third-order valence-corrected chi connectivity index (χ3v) is 6.70. The maximum Gasteiger partial charge on any atom is 0.255 e. The van der Waals surface area contributed by atoms with Crippen LogP contribution in [0, 0.1) is 0 Å². The minimum Gasteiger partial charge on any atom is -0.327 e. The lowest BCUT2D eigenvalue weighted by Crippen LogP contribution is -2.36. The van der Waals surface area contributed by atoms with Crippen LogP contribution in [0.25, 0.3) is 11.0 Å². The highest BCUT2D eigenvalue weighted by atomic mass is 16.1. The molecule has 2 aliphatic rings. The standard InChI is InChI=1S/C24H31N5O/c1-2-13-29-21-11-7-6-10-20(21)25-22(29)16-28-14-12-19-18(15-28)24(30)27-23(26-19)17-8-4-3-5-9-17/h6-7,10-11,17H,2-5,8-9,12-16H2,1H3,(H,26,27,30). The lowest BCUT2D eigenvalue weighted by Gasteiger charge is -2.28. The van der Waals surface area contributed by atoms with Gasteiger partial charge in [-0.15, -0.1) is 0 Å². The number of aromatic nitrogens is 4. The van der Waals surface area contributed by atoms with Crippen LogP contribution < -0.4 is 5.56 Å². The topological polar surface area (TPSA) is 66.8 Å². The summed E-state index contributed by atoms with van der Waals surface area (Å²) in [5.41, 5.74) is 4.17. The summed E-state index contributed by atoms with van der Waals surface area (Å²) in [4.78, 5) is 28.2. The quantitative estimate of drug-likeness (QED) is 0.693. The van der Waals surface area contributed by atoms with E-state index in [-0.39, 0.29) is 5.56 Å². The van der Waals surface area contributed by atoms with Crippen LogP contribution in [0.4, 0.5) is 0 Å². The van der Waals surface area contributed by atoms with Gasteiger partial charge in [0, 0.05) is 32.0 Å². The molecule has 0 amide bonds. The van der Waals surface area contributed by atoms with Gasteiger partial charge in [-0.1, -0.05) is 38.3 Å². The molecule has 5 rings (SSSR count). The third-order valence-electron chi connectivity index (χ3n) is 6.70. The highest BCUT2D eigenvalue weighted by Gasteiger charge is 2.25. The Balaban J connectivity index is 1.38. The van der Waals surface area contributed by atoms with E-state index < -0.39 is 0 Å². The molecule has 0 atom stereocenters. The summed E-state index contributed by atoms with van der Waals surface area (Å²) in [6.45, 7) is 5.50. The molecule has 1 aromatic carbocycles. The van der Waals surface area contributed by atoms with E-state index in [9.17, 15) is 4.79 Å². The zero-order valence-corrected chi connectivity index (χ0v) is 17.9. The number of fused-ring (bicyclic) bond motifs is 2. The van der Waals surface area contributed by atoms with Crippen molar-refractivity contribution in [1.82, 2.24) is 24.4 Å². The highest BCUT2D eigenvalue weighted by molar-refractivity contribution is 5.75. The van der Waals surface area contributed by atoms with Crippen LogP contribution in [0.5, 0.6) is 0 Å². The molecule has 158 valence electrons. The van der Waals surface area contributed by atoms with E-state index in [4.69, 9.17) is 9.97 Å². The van der Waals surface area contributed by atoms with E-state index in [1.807, 2.05) is 6.07 Å². The fourth-order valence-electron chi connectivity index (χ4n) is 5.12. The van der Waals surface area contributed by atoms with E-state index in [1.54, 1.807) is 0 Å². The number of aryl methyl sites for hydroxylation is 1. The number of hydrogen-bond acceptors (Lipinski definition) is 4. The summed E-state index contributed by atoms with van der Waals surface area (Å²) in [7, 11) is 0. The normalized spacial score (nSPS) is 18.0. The van der Waals surface area contributed by atoms with Crippen molar-refractivity contribution in [3.8, 4) is 0 Å². The smallest absolute Gasteiger partial charge is 0.255 e. The lowest BCUT2D eigenvalue weighted by molar-refractivity contribution is 0.232. The summed E-state index contributed by atoms with van der Waals surface area (Å²) in [5, 5.41) is 0. The maximum absolute atomic E-state index is 12.9. The number of benzene rings is 1. The Labute approximate surface area is 177 Å². The van der Waals surface area contributed by atoms with Crippen molar-refractivity contribution in [2.75, 3.05) is 6.54 Å². The second kappa shape index (κ2) is 8.34. The molecule has 6 heteroatoms. The predicted molar refractivity (Wildman–Crippen MR) is 119 cm³/mol. The Bertz CT molecular complexity index is 1090. The van der Waals surface area contributed by atoms with Crippen LogP contribution in [0.2, 0.25) is 0 Å². The van der Waals surface area contributed by atoms with Gasteiger partial charge >= 0.3 is 0 Å². The van der Waals surface area contributed by atoms with Crippen molar-refractivity contribution >= 4 is 11.0 Å². The van der Waals surface area contributed by atoms with Gasteiger partial charge in [0.15, 0.2) is 0 Å². The number of aromatic amines is 1. The number of nitrogens with zero attached hydrogens (tertiary/aromatic N) is 4.